The Morgan fingerprint density at radius 3 is 2.42 bits per heavy atom. The molecule has 0 unspecified atom stereocenters. The van der Waals surface area contributed by atoms with Gasteiger partial charge in [-0.05, 0) is 52.7 Å². The first-order valence-corrected chi connectivity index (χ1v) is 7.25. The molecule has 1 fully saturated rings. The van der Waals surface area contributed by atoms with E-state index in [0.717, 1.165) is 29.7 Å². The molecule has 1 aromatic heterocycles. The molecule has 1 aliphatic rings. The zero-order valence-electron chi connectivity index (χ0n) is 12.3. The molecule has 0 spiro atoms. The van der Waals surface area contributed by atoms with Crippen molar-refractivity contribution in [1.29, 1.82) is 0 Å². The maximum Gasteiger partial charge on any atom is 0.171 e. The Morgan fingerprint density at radius 2 is 1.79 bits per heavy atom. The third kappa shape index (κ3) is 3.57. The average molecular weight is 283 g/mol. The summed E-state index contributed by atoms with van der Waals surface area (Å²) in [5.74, 6) is 1.53. The van der Waals surface area contributed by atoms with Crippen LogP contribution >= 0.6 is 11.6 Å². The number of piperidine rings is 1. The van der Waals surface area contributed by atoms with E-state index < -0.39 is 0 Å². The maximum absolute atomic E-state index is 6.21. The highest BCUT2D eigenvalue weighted by Crippen LogP contribution is 2.24. The molecule has 2 rings (SSSR count). The van der Waals surface area contributed by atoms with Gasteiger partial charge in [-0.3, -0.25) is 0 Å². The van der Waals surface area contributed by atoms with Crippen LogP contribution in [0.15, 0.2) is 0 Å². The van der Waals surface area contributed by atoms with Gasteiger partial charge in [0.15, 0.2) is 11.0 Å². The molecule has 0 amide bonds. The molecule has 0 saturated carbocycles. The van der Waals surface area contributed by atoms with Crippen molar-refractivity contribution in [3.8, 4) is 0 Å². The summed E-state index contributed by atoms with van der Waals surface area (Å²) in [5, 5.41) is 0.513. The van der Waals surface area contributed by atoms with E-state index in [2.05, 4.69) is 33.9 Å². The van der Waals surface area contributed by atoms with Crippen LogP contribution in [-0.2, 0) is 0 Å². The fraction of sp³-hybridized carbons (Fsp3) is 0.714. The molecular formula is C14H23ClN4. The van der Waals surface area contributed by atoms with E-state index in [1.54, 1.807) is 0 Å². The molecule has 0 radical (unpaired) electrons. The van der Waals surface area contributed by atoms with Crippen molar-refractivity contribution >= 4 is 17.4 Å². The summed E-state index contributed by atoms with van der Waals surface area (Å²) < 4.78 is 0. The van der Waals surface area contributed by atoms with Crippen LogP contribution in [0, 0.1) is 19.8 Å². The van der Waals surface area contributed by atoms with E-state index >= 15 is 0 Å². The van der Waals surface area contributed by atoms with Gasteiger partial charge in [-0.15, -0.1) is 0 Å². The van der Waals surface area contributed by atoms with Gasteiger partial charge in [-0.1, -0.05) is 11.6 Å². The quantitative estimate of drug-likeness (QED) is 0.853. The Bertz CT molecular complexity index is 441. The number of aromatic nitrogens is 2. The first kappa shape index (κ1) is 14.5. The monoisotopic (exact) mass is 282 g/mol. The summed E-state index contributed by atoms with van der Waals surface area (Å²) in [5.41, 5.74) is 1.86. The zero-order valence-corrected chi connectivity index (χ0v) is 13.0. The number of aryl methyl sites for hydroxylation is 2. The van der Waals surface area contributed by atoms with Crippen molar-refractivity contribution in [2.24, 2.45) is 5.92 Å². The van der Waals surface area contributed by atoms with Gasteiger partial charge in [0, 0.05) is 13.6 Å². The highest BCUT2D eigenvalue weighted by Gasteiger charge is 2.20. The first-order valence-electron chi connectivity index (χ1n) is 6.87. The van der Waals surface area contributed by atoms with E-state index in [1.807, 2.05) is 13.8 Å². The summed E-state index contributed by atoms with van der Waals surface area (Å²) in [6.45, 7) is 7.29. The lowest BCUT2D eigenvalue weighted by Gasteiger charge is -2.32. The summed E-state index contributed by atoms with van der Waals surface area (Å²) in [6, 6.07) is 0. The first-order chi connectivity index (χ1) is 8.97. The smallest absolute Gasteiger partial charge is 0.171 e. The molecule has 0 aliphatic carbocycles. The minimum atomic E-state index is 0.513. The van der Waals surface area contributed by atoms with Gasteiger partial charge in [0.25, 0.3) is 0 Å². The highest BCUT2D eigenvalue weighted by atomic mass is 35.5. The van der Waals surface area contributed by atoms with Crippen molar-refractivity contribution in [3.63, 3.8) is 0 Å². The van der Waals surface area contributed by atoms with E-state index in [0.29, 0.717) is 5.15 Å². The number of hydrogen-bond acceptors (Lipinski definition) is 4. The molecule has 2 heterocycles. The lowest BCUT2D eigenvalue weighted by atomic mass is 9.97. The van der Waals surface area contributed by atoms with Gasteiger partial charge in [0.1, 0.15) is 0 Å². The molecule has 1 aromatic rings. The molecule has 1 aliphatic heterocycles. The Morgan fingerprint density at radius 1 is 1.21 bits per heavy atom. The van der Waals surface area contributed by atoms with Crippen LogP contribution < -0.4 is 4.90 Å². The van der Waals surface area contributed by atoms with E-state index in [-0.39, 0.29) is 0 Å². The predicted octanol–water partition coefficient (Wildman–Crippen LogP) is 2.52. The number of likely N-dealkylation sites (tertiary alicyclic amines) is 1. The lowest BCUT2D eigenvalue weighted by molar-refractivity contribution is 0.222. The minimum absolute atomic E-state index is 0.513. The van der Waals surface area contributed by atoms with E-state index in [4.69, 9.17) is 11.6 Å². The number of rotatable bonds is 3. The Labute approximate surface area is 120 Å². The number of hydrogen-bond donors (Lipinski definition) is 0. The van der Waals surface area contributed by atoms with Crippen LogP contribution in [0.2, 0.25) is 5.15 Å². The fourth-order valence-corrected chi connectivity index (χ4v) is 2.84. The zero-order chi connectivity index (χ0) is 14.0. The Kier molecular flexibility index (Phi) is 4.63. The van der Waals surface area contributed by atoms with Crippen LogP contribution in [0.5, 0.6) is 0 Å². The summed E-state index contributed by atoms with van der Waals surface area (Å²) in [4.78, 5) is 13.5. The van der Waals surface area contributed by atoms with Crippen molar-refractivity contribution in [2.75, 3.05) is 38.6 Å². The van der Waals surface area contributed by atoms with E-state index in [9.17, 15) is 0 Å². The maximum atomic E-state index is 6.21. The molecule has 0 aromatic carbocycles. The highest BCUT2D eigenvalue weighted by molar-refractivity contribution is 6.31. The standard InChI is InChI=1S/C14H23ClN4/c1-10-11(2)17-14(13(15)16-10)19(4)9-12-5-7-18(3)8-6-12/h12H,5-9H2,1-4H3. The molecule has 0 bridgehead atoms. The van der Waals surface area contributed by atoms with E-state index in [1.165, 1.54) is 25.9 Å². The second kappa shape index (κ2) is 6.06. The molecule has 19 heavy (non-hydrogen) atoms. The molecule has 1 saturated heterocycles. The van der Waals surface area contributed by atoms with Crippen LogP contribution in [-0.4, -0.2) is 48.6 Å². The number of halogens is 1. The molecule has 5 heteroatoms. The van der Waals surface area contributed by atoms with Gasteiger partial charge in [0.05, 0.1) is 11.4 Å². The summed E-state index contributed by atoms with van der Waals surface area (Å²) in [6.07, 6.45) is 2.49. The second-order valence-electron chi connectivity index (χ2n) is 5.64. The molecule has 4 nitrogen and oxygen atoms in total. The Hall–Kier alpha value is -0.870. The number of anilines is 1. The topological polar surface area (TPSA) is 32.3 Å². The van der Waals surface area contributed by atoms with Gasteiger partial charge in [-0.25, -0.2) is 9.97 Å². The predicted molar refractivity (Wildman–Crippen MR) is 80.0 cm³/mol. The minimum Gasteiger partial charge on any atom is -0.357 e. The van der Waals surface area contributed by atoms with Crippen molar-refractivity contribution in [1.82, 2.24) is 14.9 Å². The average Bonchev–Trinajstić information content (AvgIpc) is 2.36. The van der Waals surface area contributed by atoms with Crippen LogP contribution in [0.4, 0.5) is 5.82 Å². The van der Waals surface area contributed by atoms with Gasteiger partial charge in [0.2, 0.25) is 0 Å². The third-order valence-electron chi connectivity index (χ3n) is 3.98. The van der Waals surface area contributed by atoms with Crippen molar-refractivity contribution in [2.45, 2.75) is 26.7 Å². The lowest BCUT2D eigenvalue weighted by Crippen LogP contribution is -2.36. The van der Waals surface area contributed by atoms with Crippen LogP contribution in [0.3, 0.4) is 0 Å². The van der Waals surface area contributed by atoms with Crippen LogP contribution in [0.25, 0.3) is 0 Å². The second-order valence-corrected chi connectivity index (χ2v) is 5.99. The van der Waals surface area contributed by atoms with Gasteiger partial charge < -0.3 is 9.80 Å². The van der Waals surface area contributed by atoms with Crippen molar-refractivity contribution < 1.29 is 0 Å². The number of nitrogens with zero attached hydrogens (tertiary/aromatic N) is 4. The Balaban J connectivity index is 2.03. The summed E-state index contributed by atoms with van der Waals surface area (Å²) in [7, 11) is 4.24. The van der Waals surface area contributed by atoms with Gasteiger partial charge in [-0.2, -0.15) is 0 Å². The van der Waals surface area contributed by atoms with Crippen molar-refractivity contribution in [3.05, 3.63) is 16.5 Å². The van der Waals surface area contributed by atoms with Crippen LogP contribution in [0.1, 0.15) is 24.2 Å². The molecule has 106 valence electrons. The SMILES string of the molecule is Cc1nc(Cl)c(N(C)CC2CCN(C)CC2)nc1C. The fourth-order valence-electron chi connectivity index (χ4n) is 2.53. The largest absolute Gasteiger partial charge is 0.357 e. The normalized spacial score (nSPS) is 17.7. The summed E-state index contributed by atoms with van der Waals surface area (Å²) >= 11 is 6.21. The molecular weight excluding hydrogens is 260 g/mol. The molecule has 0 atom stereocenters. The van der Waals surface area contributed by atoms with Gasteiger partial charge >= 0.3 is 0 Å². The third-order valence-corrected chi connectivity index (χ3v) is 4.23. The molecule has 0 N–H and O–H groups in total.